The van der Waals surface area contributed by atoms with Crippen LogP contribution in [0, 0.1) is 0 Å². The first-order valence-corrected chi connectivity index (χ1v) is 10.7. The van der Waals surface area contributed by atoms with E-state index in [1.165, 1.54) is 13.3 Å². The van der Waals surface area contributed by atoms with Crippen molar-refractivity contribution in [2.45, 2.75) is 13.3 Å². The number of carbonyl (C=O) groups is 2. The summed E-state index contributed by atoms with van der Waals surface area (Å²) in [7, 11) is 1.53. The van der Waals surface area contributed by atoms with E-state index in [2.05, 4.69) is 10.5 Å². The van der Waals surface area contributed by atoms with Crippen LogP contribution in [0.15, 0.2) is 77.9 Å². The van der Waals surface area contributed by atoms with E-state index in [1.54, 1.807) is 66.7 Å². The normalized spacial score (nSPS) is 10.5. The average Bonchev–Trinajstić information content (AvgIpc) is 2.87. The first-order chi connectivity index (χ1) is 16.6. The Morgan fingerprint density at radius 3 is 2.24 bits per heavy atom. The largest absolute Gasteiger partial charge is 0.494 e. The van der Waals surface area contributed by atoms with E-state index in [9.17, 15) is 9.59 Å². The van der Waals surface area contributed by atoms with Crippen LogP contribution in [0.4, 0.5) is 0 Å². The van der Waals surface area contributed by atoms with Crippen molar-refractivity contribution in [2.24, 2.45) is 5.10 Å². The molecule has 8 nitrogen and oxygen atoms in total. The molecular weight excluding hydrogens is 436 g/mol. The van der Waals surface area contributed by atoms with E-state index in [4.69, 9.17) is 18.9 Å². The number of nitrogens with zero attached hydrogens (tertiary/aromatic N) is 1. The van der Waals surface area contributed by atoms with Crippen LogP contribution in [0.25, 0.3) is 0 Å². The summed E-state index contributed by atoms with van der Waals surface area (Å²) in [6, 6.07) is 20.6. The van der Waals surface area contributed by atoms with E-state index >= 15 is 0 Å². The van der Waals surface area contributed by atoms with Gasteiger partial charge in [0.2, 0.25) is 0 Å². The molecule has 0 heterocycles. The third-order valence-electron chi connectivity index (χ3n) is 4.48. The summed E-state index contributed by atoms with van der Waals surface area (Å²) in [4.78, 5) is 24.3. The van der Waals surface area contributed by atoms with Crippen molar-refractivity contribution in [3.8, 4) is 23.0 Å². The van der Waals surface area contributed by atoms with Crippen molar-refractivity contribution >= 4 is 18.1 Å². The van der Waals surface area contributed by atoms with E-state index in [1.807, 2.05) is 13.0 Å². The van der Waals surface area contributed by atoms with Gasteiger partial charge in [-0.25, -0.2) is 10.2 Å². The minimum atomic E-state index is -0.467. The molecule has 0 unspecified atom stereocenters. The quantitative estimate of drug-likeness (QED) is 0.198. The van der Waals surface area contributed by atoms with Crippen LogP contribution in [0.2, 0.25) is 0 Å². The van der Waals surface area contributed by atoms with Crippen molar-refractivity contribution in [1.29, 1.82) is 0 Å². The van der Waals surface area contributed by atoms with E-state index in [0.717, 1.165) is 6.42 Å². The van der Waals surface area contributed by atoms with E-state index in [-0.39, 0.29) is 6.61 Å². The predicted octanol–water partition coefficient (Wildman–Crippen LogP) is 4.23. The molecule has 0 saturated carbocycles. The zero-order valence-corrected chi connectivity index (χ0v) is 19.0. The molecule has 1 amide bonds. The maximum atomic E-state index is 12.3. The van der Waals surface area contributed by atoms with Crippen molar-refractivity contribution in [3.63, 3.8) is 0 Å². The SMILES string of the molecule is CCCOc1ccc(C(=O)Oc2ccc(/C=N\NC(=O)COc3ccccc3OC)cc2)cc1. The molecule has 0 aliphatic carbocycles. The molecule has 3 aromatic rings. The number of nitrogens with one attached hydrogen (secondary N) is 1. The van der Waals surface area contributed by atoms with Gasteiger partial charge in [-0.15, -0.1) is 0 Å². The highest BCUT2D eigenvalue weighted by molar-refractivity contribution is 5.91. The Morgan fingerprint density at radius 1 is 0.882 bits per heavy atom. The number of benzene rings is 3. The summed E-state index contributed by atoms with van der Waals surface area (Å²) < 4.78 is 21.5. The maximum absolute atomic E-state index is 12.3. The smallest absolute Gasteiger partial charge is 0.343 e. The summed E-state index contributed by atoms with van der Waals surface area (Å²) in [6.07, 6.45) is 2.39. The van der Waals surface area contributed by atoms with Gasteiger partial charge in [0.1, 0.15) is 11.5 Å². The van der Waals surface area contributed by atoms with Gasteiger partial charge in [0.25, 0.3) is 5.91 Å². The van der Waals surface area contributed by atoms with Gasteiger partial charge in [-0.1, -0.05) is 19.1 Å². The topological polar surface area (TPSA) is 95.5 Å². The molecule has 0 aromatic heterocycles. The minimum absolute atomic E-state index is 0.210. The zero-order chi connectivity index (χ0) is 24.2. The molecule has 0 saturated heterocycles. The Labute approximate surface area is 198 Å². The molecule has 0 aliphatic heterocycles. The molecule has 0 bridgehead atoms. The first kappa shape index (κ1) is 24.3. The highest BCUT2D eigenvalue weighted by atomic mass is 16.5. The monoisotopic (exact) mass is 462 g/mol. The summed E-state index contributed by atoms with van der Waals surface area (Å²) in [5.74, 6) is 1.22. The maximum Gasteiger partial charge on any atom is 0.343 e. The second-order valence-corrected chi connectivity index (χ2v) is 7.06. The van der Waals surface area contributed by atoms with Crippen LogP contribution in [-0.4, -0.2) is 38.4 Å². The summed E-state index contributed by atoms with van der Waals surface area (Å²) in [5, 5.41) is 3.91. The van der Waals surface area contributed by atoms with Crippen LogP contribution in [0.3, 0.4) is 0 Å². The number of hydrogen-bond acceptors (Lipinski definition) is 7. The standard InChI is InChI=1S/C26H26N2O6/c1-3-16-32-21-14-10-20(11-15-21)26(30)34-22-12-8-19(9-13-22)17-27-28-25(29)18-33-24-7-5-4-6-23(24)31-2/h4-15,17H,3,16,18H2,1-2H3,(H,28,29)/b27-17-. The lowest BCUT2D eigenvalue weighted by atomic mass is 10.2. The highest BCUT2D eigenvalue weighted by Gasteiger charge is 2.09. The van der Waals surface area contributed by atoms with E-state index in [0.29, 0.717) is 40.7 Å². The fourth-order valence-electron chi connectivity index (χ4n) is 2.79. The minimum Gasteiger partial charge on any atom is -0.494 e. The number of para-hydroxylation sites is 2. The molecule has 8 heteroatoms. The van der Waals surface area contributed by atoms with Crippen LogP contribution >= 0.6 is 0 Å². The Balaban J connectivity index is 1.45. The number of rotatable bonds is 11. The molecule has 0 fully saturated rings. The average molecular weight is 463 g/mol. The van der Waals surface area contributed by atoms with Crippen molar-refractivity contribution < 1.29 is 28.5 Å². The lowest BCUT2D eigenvalue weighted by Crippen LogP contribution is -2.24. The number of hydrazone groups is 1. The molecular formula is C26H26N2O6. The van der Waals surface area contributed by atoms with Gasteiger partial charge in [-0.2, -0.15) is 5.10 Å². The van der Waals surface area contributed by atoms with Gasteiger partial charge in [0.15, 0.2) is 18.1 Å². The van der Waals surface area contributed by atoms with Gasteiger partial charge in [0.05, 0.1) is 25.5 Å². The number of amides is 1. The Morgan fingerprint density at radius 2 is 1.56 bits per heavy atom. The highest BCUT2D eigenvalue weighted by Crippen LogP contribution is 2.25. The Bertz CT molecular complexity index is 1110. The third-order valence-corrected chi connectivity index (χ3v) is 4.48. The van der Waals surface area contributed by atoms with Gasteiger partial charge in [0, 0.05) is 0 Å². The Kier molecular flexibility index (Phi) is 9.04. The molecule has 176 valence electrons. The molecule has 0 atom stereocenters. The lowest BCUT2D eigenvalue weighted by Gasteiger charge is -2.09. The van der Waals surface area contributed by atoms with Crippen molar-refractivity contribution in [3.05, 3.63) is 83.9 Å². The first-order valence-electron chi connectivity index (χ1n) is 10.7. The molecule has 3 aromatic carbocycles. The molecule has 1 N–H and O–H groups in total. The summed E-state index contributed by atoms with van der Waals surface area (Å²) in [5.41, 5.74) is 3.53. The fraction of sp³-hybridized carbons (Fsp3) is 0.192. The number of methoxy groups -OCH3 is 1. The Hall–Kier alpha value is -4.33. The van der Waals surface area contributed by atoms with Crippen LogP contribution < -0.4 is 24.4 Å². The number of esters is 1. The summed E-state index contributed by atoms with van der Waals surface area (Å²) in [6.45, 7) is 2.44. The molecule has 3 rings (SSSR count). The number of carbonyl (C=O) groups excluding carboxylic acids is 2. The summed E-state index contributed by atoms with van der Waals surface area (Å²) >= 11 is 0. The second kappa shape index (κ2) is 12.6. The van der Waals surface area contributed by atoms with Gasteiger partial charge >= 0.3 is 5.97 Å². The molecule has 0 aliphatic rings. The van der Waals surface area contributed by atoms with Crippen LogP contribution in [0.5, 0.6) is 23.0 Å². The van der Waals surface area contributed by atoms with E-state index < -0.39 is 11.9 Å². The second-order valence-electron chi connectivity index (χ2n) is 7.06. The molecule has 34 heavy (non-hydrogen) atoms. The fourth-order valence-corrected chi connectivity index (χ4v) is 2.79. The van der Waals surface area contributed by atoms with Gasteiger partial charge < -0.3 is 18.9 Å². The third kappa shape index (κ3) is 7.37. The zero-order valence-electron chi connectivity index (χ0n) is 19.0. The van der Waals surface area contributed by atoms with Crippen molar-refractivity contribution in [2.75, 3.05) is 20.3 Å². The molecule has 0 spiro atoms. The lowest BCUT2D eigenvalue weighted by molar-refractivity contribution is -0.123. The number of hydrogen-bond donors (Lipinski definition) is 1. The van der Waals surface area contributed by atoms with Gasteiger partial charge in [-0.3, -0.25) is 4.79 Å². The van der Waals surface area contributed by atoms with Crippen molar-refractivity contribution in [1.82, 2.24) is 5.43 Å². The van der Waals surface area contributed by atoms with Gasteiger partial charge in [-0.05, 0) is 72.6 Å². The number of ether oxygens (including phenoxy) is 4. The van der Waals surface area contributed by atoms with Crippen LogP contribution in [0.1, 0.15) is 29.3 Å². The predicted molar refractivity (Wildman–Crippen MR) is 128 cm³/mol. The molecule has 0 radical (unpaired) electrons. The van der Waals surface area contributed by atoms with Crippen LogP contribution in [-0.2, 0) is 4.79 Å².